The molecule has 2 aromatic rings. The van der Waals surface area contributed by atoms with Crippen LogP contribution in [0, 0.1) is 0 Å². The molecule has 126 valence electrons. The van der Waals surface area contributed by atoms with E-state index in [4.69, 9.17) is 39.5 Å². The molecule has 3 rings (SSSR count). The summed E-state index contributed by atoms with van der Waals surface area (Å²) >= 11 is 17.7. The van der Waals surface area contributed by atoms with Gasteiger partial charge in [-0.2, -0.15) is 13.2 Å². The predicted octanol–water partition coefficient (Wildman–Crippen LogP) is 6.87. The van der Waals surface area contributed by atoms with Crippen molar-refractivity contribution in [1.29, 1.82) is 0 Å². The second-order valence-corrected chi connectivity index (χ2v) is 6.57. The van der Waals surface area contributed by atoms with Crippen molar-refractivity contribution in [2.75, 3.05) is 0 Å². The summed E-state index contributed by atoms with van der Waals surface area (Å²) in [6, 6.07) is 11.0. The highest BCUT2D eigenvalue weighted by Gasteiger charge is 2.60. The summed E-state index contributed by atoms with van der Waals surface area (Å²) in [6.45, 7) is 0. The highest BCUT2D eigenvalue weighted by Crippen LogP contribution is 2.53. The molecule has 1 unspecified atom stereocenters. The molecule has 0 fully saturated rings. The minimum Gasteiger partial charge on any atom is -0.480 e. The maximum absolute atomic E-state index is 13.9. The highest BCUT2D eigenvalue weighted by molar-refractivity contribution is 6.48. The largest absolute Gasteiger partial charge is 0.480 e. The fourth-order valence-electron chi connectivity index (χ4n) is 2.64. The van der Waals surface area contributed by atoms with Crippen molar-refractivity contribution >= 4 is 40.4 Å². The Morgan fingerprint density at radius 3 is 2.08 bits per heavy atom. The van der Waals surface area contributed by atoms with Gasteiger partial charge in [0.15, 0.2) is 0 Å². The first-order valence-corrected chi connectivity index (χ1v) is 8.02. The molecule has 1 heterocycles. The quantitative estimate of drug-likeness (QED) is 0.506. The molecular formula is C17H10Cl3F3O. The van der Waals surface area contributed by atoms with Gasteiger partial charge in [-0.1, -0.05) is 65.1 Å². The van der Waals surface area contributed by atoms with Crippen LogP contribution in [0.5, 0.6) is 0 Å². The van der Waals surface area contributed by atoms with Crippen molar-refractivity contribution in [1.82, 2.24) is 0 Å². The Bertz CT molecular complexity index is 779. The van der Waals surface area contributed by atoms with Crippen molar-refractivity contribution in [3.8, 4) is 0 Å². The number of alkyl halides is 3. The zero-order valence-corrected chi connectivity index (χ0v) is 14.3. The fraction of sp³-hybridized carbons (Fsp3) is 0.176. The molecule has 1 atom stereocenters. The van der Waals surface area contributed by atoms with Crippen LogP contribution >= 0.6 is 34.8 Å². The molecule has 1 aliphatic rings. The normalized spacial score (nSPS) is 20.7. The number of hydrogen-bond donors (Lipinski definition) is 0. The Morgan fingerprint density at radius 2 is 1.54 bits per heavy atom. The van der Waals surface area contributed by atoms with Gasteiger partial charge in [0.05, 0.1) is 21.3 Å². The Labute approximate surface area is 151 Å². The number of hydrogen-bond acceptors (Lipinski definition) is 1. The first-order valence-electron chi connectivity index (χ1n) is 6.88. The third-order valence-corrected chi connectivity index (χ3v) is 5.09. The predicted molar refractivity (Wildman–Crippen MR) is 89.3 cm³/mol. The summed E-state index contributed by atoms with van der Waals surface area (Å²) in [5, 5.41) is -0.104. The van der Waals surface area contributed by atoms with Crippen LogP contribution in [0.4, 0.5) is 13.2 Å². The minimum atomic E-state index is -4.67. The second kappa shape index (κ2) is 6.17. The van der Waals surface area contributed by atoms with E-state index in [0.717, 1.165) is 18.4 Å². The third-order valence-electron chi connectivity index (χ3n) is 3.89. The smallest absolute Gasteiger partial charge is 0.432 e. The summed E-state index contributed by atoms with van der Waals surface area (Å²) in [7, 11) is 0. The maximum Gasteiger partial charge on any atom is 0.432 e. The number of halogens is 6. The van der Waals surface area contributed by atoms with E-state index in [0.29, 0.717) is 11.1 Å². The van der Waals surface area contributed by atoms with Crippen LogP contribution in [-0.2, 0) is 10.3 Å². The van der Waals surface area contributed by atoms with Gasteiger partial charge in [-0.25, -0.2) is 0 Å². The molecule has 0 aromatic heterocycles. The number of benzene rings is 2. The van der Waals surface area contributed by atoms with Crippen molar-refractivity contribution < 1.29 is 17.9 Å². The molecule has 2 aromatic carbocycles. The van der Waals surface area contributed by atoms with Gasteiger partial charge in [-0.05, 0) is 23.3 Å². The summed E-state index contributed by atoms with van der Waals surface area (Å²) in [4.78, 5) is 0. The minimum absolute atomic E-state index is 0.00801. The third kappa shape index (κ3) is 2.87. The summed E-state index contributed by atoms with van der Waals surface area (Å²) < 4.78 is 46.8. The van der Waals surface area contributed by atoms with Crippen molar-refractivity contribution in [2.24, 2.45) is 0 Å². The second-order valence-electron chi connectivity index (χ2n) is 5.38. The van der Waals surface area contributed by atoms with E-state index in [1.807, 2.05) is 0 Å². The van der Waals surface area contributed by atoms with Crippen molar-refractivity contribution in [3.05, 3.63) is 74.9 Å². The molecular weight excluding hydrogens is 384 g/mol. The molecule has 1 nitrogen and oxygen atoms in total. The van der Waals surface area contributed by atoms with E-state index < -0.39 is 11.8 Å². The van der Waals surface area contributed by atoms with Crippen molar-refractivity contribution in [3.63, 3.8) is 0 Å². The van der Waals surface area contributed by atoms with Gasteiger partial charge in [-0.15, -0.1) is 0 Å². The monoisotopic (exact) mass is 392 g/mol. The molecule has 0 saturated heterocycles. The SMILES string of the molecule is FC(F)(F)C1(c2cc(Cl)c(Cl)c(Cl)c2)CC(c2ccccc2)=CO1. The number of ether oxygens (including phenoxy) is 1. The van der Waals surface area contributed by atoms with Gasteiger partial charge in [0.2, 0.25) is 5.60 Å². The van der Waals surface area contributed by atoms with E-state index in [1.54, 1.807) is 30.3 Å². The Morgan fingerprint density at radius 1 is 0.958 bits per heavy atom. The van der Waals surface area contributed by atoms with Crippen LogP contribution in [0.3, 0.4) is 0 Å². The van der Waals surface area contributed by atoms with Gasteiger partial charge in [0.1, 0.15) is 0 Å². The summed E-state index contributed by atoms with van der Waals surface area (Å²) in [5.41, 5.74) is -1.63. The lowest BCUT2D eigenvalue weighted by molar-refractivity contribution is -0.260. The summed E-state index contributed by atoms with van der Waals surface area (Å²) in [5.74, 6) is 0. The van der Waals surface area contributed by atoms with E-state index in [1.165, 1.54) is 0 Å². The average Bonchev–Trinajstić information content (AvgIpc) is 2.99. The highest BCUT2D eigenvalue weighted by atomic mass is 35.5. The van der Waals surface area contributed by atoms with Gasteiger partial charge < -0.3 is 4.74 Å². The first kappa shape index (κ1) is 17.5. The lowest BCUT2D eigenvalue weighted by Gasteiger charge is -2.32. The zero-order valence-electron chi connectivity index (χ0n) is 12.0. The topological polar surface area (TPSA) is 9.23 Å². The molecule has 1 aliphatic heterocycles. The van der Waals surface area contributed by atoms with Crippen LogP contribution in [0.1, 0.15) is 17.5 Å². The number of rotatable bonds is 2. The van der Waals surface area contributed by atoms with Crippen LogP contribution in [0.15, 0.2) is 48.7 Å². The van der Waals surface area contributed by atoms with E-state index in [-0.39, 0.29) is 27.1 Å². The molecule has 24 heavy (non-hydrogen) atoms. The van der Waals surface area contributed by atoms with Crippen molar-refractivity contribution in [2.45, 2.75) is 18.2 Å². The summed E-state index contributed by atoms with van der Waals surface area (Å²) in [6.07, 6.45) is -3.91. The lowest BCUT2D eigenvalue weighted by atomic mass is 9.86. The molecule has 0 N–H and O–H groups in total. The maximum atomic E-state index is 13.9. The first-order chi connectivity index (χ1) is 11.2. The molecule has 0 radical (unpaired) electrons. The van der Waals surface area contributed by atoms with E-state index >= 15 is 0 Å². The lowest BCUT2D eigenvalue weighted by Crippen LogP contribution is -2.42. The van der Waals surface area contributed by atoms with Crippen LogP contribution < -0.4 is 0 Å². The van der Waals surface area contributed by atoms with Gasteiger partial charge in [0, 0.05) is 12.0 Å². The van der Waals surface area contributed by atoms with Crippen LogP contribution in [0.2, 0.25) is 15.1 Å². The van der Waals surface area contributed by atoms with Crippen LogP contribution in [-0.4, -0.2) is 6.18 Å². The molecule has 0 aliphatic carbocycles. The zero-order chi connectivity index (χ0) is 17.5. The van der Waals surface area contributed by atoms with Gasteiger partial charge in [-0.3, -0.25) is 0 Å². The Kier molecular flexibility index (Phi) is 4.49. The standard InChI is InChI=1S/C17H10Cl3F3O/c18-13-6-12(7-14(19)15(13)20)16(17(21,22)23)8-11(9-24-16)10-4-2-1-3-5-10/h1-7,9H,8H2. The fourth-order valence-corrected chi connectivity index (χ4v) is 3.23. The van der Waals surface area contributed by atoms with Gasteiger partial charge >= 0.3 is 6.18 Å². The molecule has 0 amide bonds. The Hall–Kier alpha value is -1.36. The molecule has 7 heteroatoms. The Balaban J connectivity index is 2.07. The van der Waals surface area contributed by atoms with Gasteiger partial charge in [0.25, 0.3) is 0 Å². The molecule has 0 spiro atoms. The average molecular weight is 394 g/mol. The van der Waals surface area contributed by atoms with Crippen LogP contribution in [0.25, 0.3) is 5.57 Å². The molecule has 0 saturated carbocycles. The van der Waals surface area contributed by atoms with E-state index in [9.17, 15) is 13.2 Å². The van der Waals surface area contributed by atoms with E-state index in [2.05, 4.69) is 0 Å². The molecule has 0 bridgehead atoms.